The van der Waals surface area contributed by atoms with Gasteiger partial charge in [0.05, 0.1) is 17.6 Å². The SMILES string of the molecule is COc1cc(C(=O)N2CCC(C)(O)CC2)ccc1[N+](=O)[O-]. The van der Waals surface area contributed by atoms with Crippen molar-refractivity contribution in [3.8, 4) is 5.75 Å². The number of likely N-dealkylation sites (tertiary alicyclic amines) is 1. The summed E-state index contributed by atoms with van der Waals surface area (Å²) in [5.41, 5.74) is -0.557. The van der Waals surface area contributed by atoms with E-state index in [0.717, 1.165) is 0 Å². The van der Waals surface area contributed by atoms with Crippen LogP contribution in [0.25, 0.3) is 0 Å². The van der Waals surface area contributed by atoms with E-state index in [1.165, 1.54) is 25.3 Å². The van der Waals surface area contributed by atoms with Crippen molar-refractivity contribution in [2.75, 3.05) is 20.2 Å². The maximum atomic E-state index is 12.4. The molecule has 21 heavy (non-hydrogen) atoms. The highest BCUT2D eigenvalue weighted by molar-refractivity contribution is 5.95. The molecule has 0 radical (unpaired) electrons. The third-order valence-corrected chi connectivity index (χ3v) is 3.75. The molecular weight excluding hydrogens is 276 g/mol. The summed E-state index contributed by atoms with van der Waals surface area (Å²) in [5.74, 6) is -0.145. The van der Waals surface area contributed by atoms with Crippen molar-refractivity contribution in [1.29, 1.82) is 0 Å². The molecule has 0 aliphatic carbocycles. The Morgan fingerprint density at radius 1 is 1.43 bits per heavy atom. The maximum absolute atomic E-state index is 12.4. The number of piperidine rings is 1. The van der Waals surface area contributed by atoms with Crippen molar-refractivity contribution >= 4 is 11.6 Å². The fourth-order valence-electron chi connectivity index (χ4n) is 2.34. The normalized spacial score (nSPS) is 17.4. The van der Waals surface area contributed by atoms with Crippen LogP contribution in [0.2, 0.25) is 0 Å². The highest BCUT2D eigenvalue weighted by Gasteiger charge is 2.30. The summed E-state index contributed by atoms with van der Waals surface area (Å²) in [6, 6.07) is 4.08. The van der Waals surface area contributed by atoms with Gasteiger partial charge in [-0.2, -0.15) is 0 Å². The Labute approximate surface area is 122 Å². The molecule has 1 saturated heterocycles. The van der Waals surface area contributed by atoms with Gasteiger partial charge in [-0.1, -0.05) is 0 Å². The second kappa shape index (κ2) is 5.69. The van der Waals surface area contributed by atoms with Gasteiger partial charge in [-0.05, 0) is 25.8 Å². The van der Waals surface area contributed by atoms with Gasteiger partial charge < -0.3 is 14.7 Å². The summed E-state index contributed by atoms with van der Waals surface area (Å²) >= 11 is 0. The summed E-state index contributed by atoms with van der Waals surface area (Å²) in [6.45, 7) is 2.68. The highest BCUT2D eigenvalue weighted by atomic mass is 16.6. The predicted molar refractivity (Wildman–Crippen MR) is 75.4 cm³/mol. The molecule has 1 aromatic carbocycles. The third-order valence-electron chi connectivity index (χ3n) is 3.75. The average Bonchev–Trinajstić information content (AvgIpc) is 2.45. The first-order valence-corrected chi connectivity index (χ1v) is 6.68. The van der Waals surface area contributed by atoms with E-state index in [1.54, 1.807) is 11.8 Å². The molecule has 7 heteroatoms. The Kier molecular flexibility index (Phi) is 4.13. The Hall–Kier alpha value is -2.15. The van der Waals surface area contributed by atoms with E-state index >= 15 is 0 Å². The first kappa shape index (κ1) is 15.2. The fourth-order valence-corrected chi connectivity index (χ4v) is 2.34. The summed E-state index contributed by atoms with van der Waals surface area (Å²) in [5, 5.41) is 20.7. The molecule has 7 nitrogen and oxygen atoms in total. The Morgan fingerprint density at radius 3 is 2.57 bits per heavy atom. The van der Waals surface area contributed by atoms with Gasteiger partial charge in [-0.15, -0.1) is 0 Å². The van der Waals surface area contributed by atoms with Crippen LogP contribution in [0.3, 0.4) is 0 Å². The number of nitrogens with zero attached hydrogens (tertiary/aromatic N) is 2. The van der Waals surface area contributed by atoms with Crippen LogP contribution in [-0.4, -0.2) is 46.6 Å². The summed E-state index contributed by atoms with van der Waals surface area (Å²) < 4.78 is 4.97. The van der Waals surface area contributed by atoms with Gasteiger partial charge in [0.25, 0.3) is 5.91 Å². The molecule has 0 unspecified atom stereocenters. The molecule has 0 saturated carbocycles. The zero-order valence-corrected chi connectivity index (χ0v) is 12.0. The van der Waals surface area contributed by atoms with Crippen molar-refractivity contribution in [3.63, 3.8) is 0 Å². The van der Waals surface area contributed by atoms with Crippen molar-refractivity contribution < 1.29 is 19.6 Å². The second-order valence-corrected chi connectivity index (χ2v) is 5.43. The fraction of sp³-hybridized carbons (Fsp3) is 0.500. The second-order valence-electron chi connectivity index (χ2n) is 5.43. The lowest BCUT2D eigenvalue weighted by Gasteiger charge is -2.35. The lowest BCUT2D eigenvalue weighted by molar-refractivity contribution is -0.385. The van der Waals surface area contributed by atoms with Crippen LogP contribution in [0.15, 0.2) is 18.2 Å². The monoisotopic (exact) mass is 294 g/mol. The van der Waals surface area contributed by atoms with E-state index in [9.17, 15) is 20.0 Å². The molecule has 1 amide bonds. The van der Waals surface area contributed by atoms with E-state index in [-0.39, 0.29) is 17.3 Å². The number of ether oxygens (including phenoxy) is 1. The van der Waals surface area contributed by atoms with Crippen LogP contribution in [-0.2, 0) is 0 Å². The van der Waals surface area contributed by atoms with Crippen LogP contribution in [0.5, 0.6) is 5.75 Å². The molecule has 1 aliphatic heterocycles. The molecule has 0 bridgehead atoms. The number of nitro groups is 1. The maximum Gasteiger partial charge on any atom is 0.310 e. The molecule has 0 atom stereocenters. The van der Waals surface area contributed by atoms with Gasteiger partial charge in [0.2, 0.25) is 0 Å². The van der Waals surface area contributed by atoms with E-state index < -0.39 is 10.5 Å². The smallest absolute Gasteiger partial charge is 0.310 e. The largest absolute Gasteiger partial charge is 0.490 e. The van der Waals surface area contributed by atoms with E-state index in [4.69, 9.17) is 4.74 Å². The van der Waals surface area contributed by atoms with Gasteiger partial charge in [0.15, 0.2) is 5.75 Å². The molecule has 0 aromatic heterocycles. The lowest BCUT2D eigenvalue weighted by atomic mass is 9.93. The van der Waals surface area contributed by atoms with Gasteiger partial charge in [-0.3, -0.25) is 14.9 Å². The third kappa shape index (κ3) is 3.30. The Morgan fingerprint density at radius 2 is 2.05 bits per heavy atom. The molecular formula is C14H18N2O5. The highest BCUT2D eigenvalue weighted by Crippen LogP contribution is 2.29. The lowest BCUT2D eigenvalue weighted by Crippen LogP contribution is -2.45. The van der Waals surface area contributed by atoms with Crippen LogP contribution in [0.1, 0.15) is 30.1 Å². The summed E-state index contributed by atoms with van der Waals surface area (Å²) in [4.78, 5) is 24.3. The first-order valence-electron chi connectivity index (χ1n) is 6.68. The molecule has 1 heterocycles. The van der Waals surface area contributed by atoms with Crippen LogP contribution < -0.4 is 4.74 Å². The number of nitro benzene ring substituents is 1. The Bertz CT molecular complexity index is 560. The predicted octanol–water partition coefficient (Wildman–Crippen LogP) is 1.59. The zero-order valence-electron chi connectivity index (χ0n) is 12.0. The number of carbonyl (C=O) groups is 1. The van der Waals surface area contributed by atoms with Gasteiger partial charge in [0, 0.05) is 30.8 Å². The molecule has 2 rings (SSSR count). The number of benzene rings is 1. The molecule has 114 valence electrons. The number of carbonyl (C=O) groups excluding carboxylic acids is 1. The quantitative estimate of drug-likeness (QED) is 0.675. The van der Waals surface area contributed by atoms with Crippen molar-refractivity contribution in [2.45, 2.75) is 25.4 Å². The van der Waals surface area contributed by atoms with Crippen molar-refractivity contribution in [3.05, 3.63) is 33.9 Å². The summed E-state index contributed by atoms with van der Waals surface area (Å²) in [6.07, 6.45) is 1.03. The minimum atomic E-state index is -0.732. The van der Waals surface area contributed by atoms with E-state index in [2.05, 4.69) is 0 Å². The van der Waals surface area contributed by atoms with Crippen LogP contribution in [0, 0.1) is 10.1 Å². The zero-order chi connectivity index (χ0) is 15.6. The molecule has 1 aliphatic rings. The number of aliphatic hydroxyl groups is 1. The number of amides is 1. The first-order chi connectivity index (χ1) is 9.84. The molecule has 1 aromatic rings. The Balaban J connectivity index is 2.18. The van der Waals surface area contributed by atoms with Crippen LogP contribution in [0.4, 0.5) is 5.69 Å². The van der Waals surface area contributed by atoms with E-state index in [1.807, 2.05) is 0 Å². The number of rotatable bonds is 3. The molecule has 1 fully saturated rings. The summed E-state index contributed by atoms with van der Waals surface area (Å²) in [7, 11) is 1.33. The van der Waals surface area contributed by atoms with Crippen LogP contribution >= 0.6 is 0 Å². The van der Waals surface area contributed by atoms with Gasteiger partial charge >= 0.3 is 5.69 Å². The topological polar surface area (TPSA) is 92.9 Å². The molecule has 0 spiro atoms. The standard InChI is InChI=1S/C14H18N2O5/c1-14(18)5-7-15(8-6-14)13(17)10-3-4-11(16(19)20)12(9-10)21-2/h3-4,9,18H,5-8H2,1-2H3. The van der Waals surface area contributed by atoms with Gasteiger partial charge in [0.1, 0.15) is 0 Å². The molecule has 1 N–H and O–H groups in total. The minimum Gasteiger partial charge on any atom is -0.490 e. The van der Waals surface area contributed by atoms with Gasteiger partial charge in [-0.25, -0.2) is 0 Å². The number of hydrogen-bond acceptors (Lipinski definition) is 5. The van der Waals surface area contributed by atoms with E-state index in [0.29, 0.717) is 31.5 Å². The van der Waals surface area contributed by atoms with Crippen molar-refractivity contribution in [1.82, 2.24) is 4.90 Å². The average molecular weight is 294 g/mol. The number of hydrogen-bond donors (Lipinski definition) is 1. The number of methoxy groups -OCH3 is 1. The van der Waals surface area contributed by atoms with Crippen molar-refractivity contribution in [2.24, 2.45) is 0 Å². The minimum absolute atomic E-state index is 0.0647.